The van der Waals surface area contributed by atoms with E-state index in [1.165, 1.54) is 12.1 Å². The third-order valence-electron chi connectivity index (χ3n) is 2.78. The summed E-state index contributed by atoms with van der Waals surface area (Å²) in [7, 11) is 1.77. The van der Waals surface area contributed by atoms with E-state index in [-0.39, 0.29) is 5.82 Å². The van der Waals surface area contributed by atoms with Gasteiger partial charge >= 0.3 is 0 Å². The molecule has 2 aromatic rings. The third kappa shape index (κ3) is 2.99. The van der Waals surface area contributed by atoms with Crippen LogP contribution in [0.3, 0.4) is 0 Å². The highest BCUT2D eigenvalue weighted by molar-refractivity contribution is 5.61. The van der Waals surface area contributed by atoms with Gasteiger partial charge < -0.3 is 10.2 Å². The molecule has 0 radical (unpaired) electrons. The number of hydrogen-bond donors (Lipinski definition) is 1. The van der Waals surface area contributed by atoms with Gasteiger partial charge in [-0.1, -0.05) is 6.07 Å². The predicted molar refractivity (Wildman–Crippen MR) is 75.4 cm³/mol. The summed E-state index contributed by atoms with van der Waals surface area (Å²) in [6.45, 7) is 4.61. The van der Waals surface area contributed by atoms with Crippen LogP contribution in [0, 0.1) is 12.7 Å². The van der Waals surface area contributed by atoms with Gasteiger partial charge in [-0.15, -0.1) is 0 Å². The second-order valence-corrected chi connectivity index (χ2v) is 4.17. The summed E-state index contributed by atoms with van der Waals surface area (Å²) in [5.74, 6) is 1.06. The molecule has 0 aliphatic rings. The Kier molecular flexibility index (Phi) is 3.94. The monoisotopic (exact) mass is 260 g/mol. The lowest BCUT2D eigenvalue weighted by molar-refractivity contribution is 0.627. The molecule has 0 aliphatic heterocycles. The van der Waals surface area contributed by atoms with Crippen molar-refractivity contribution in [1.82, 2.24) is 9.97 Å². The number of anilines is 3. The van der Waals surface area contributed by atoms with Crippen molar-refractivity contribution in [2.75, 3.05) is 23.8 Å². The fourth-order valence-electron chi connectivity index (χ4n) is 1.92. The van der Waals surface area contributed by atoms with E-state index in [0.717, 1.165) is 17.2 Å². The molecular formula is C14H17FN4. The molecule has 2 rings (SSSR count). The molecule has 19 heavy (non-hydrogen) atoms. The first-order valence-electron chi connectivity index (χ1n) is 6.20. The molecule has 0 spiro atoms. The molecule has 5 heteroatoms. The van der Waals surface area contributed by atoms with E-state index in [1.54, 1.807) is 13.1 Å². The molecular weight excluding hydrogens is 243 g/mol. The molecule has 0 unspecified atom stereocenters. The number of benzene rings is 1. The Balaban J connectivity index is 2.44. The zero-order chi connectivity index (χ0) is 13.8. The van der Waals surface area contributed by atoms with Crippen LogP contribution < -0.4 is 10.2 Å². The third-order valence-corrected chi connectivity index (χ3v) is 2.78. The van der Waals surface area contributed by atoms with Gasteiger partial charge in [-0.05, 0) is 32.0 Å². The van der Waals surface area contributed by atoms with Gasteiger partial charge in [-0.2, -0.15) is 4.98 Å². The van der Waals surface area contributed by atoms with Crippen LogP contribution in [0.5, 0.6) is 0 Å². The highest BCUT2D eigenvalue weighted by Gasteiger charge is 2.11. The lowest BCUT2D eigenvalue weighted by atomic mass is 10.2. The number of nitrogens with one attached hydrogen (secondary N) is 1. The van der Waals surface area contributed by atoms with E-state index < -0.39 is 0 Å². The lowest BCUT2D eigenvalue weighted by Crippen LogP contribution is -2.18. The van der Waals surface area contributed by atoms with Gasteiger partial charge in [0.15, 0.2) is 0 Å². The Morgan fingerprint density at radius 2 is 2.05 bits per heavy atom. The van der Waals surface area contributed by atoms with Gasteiger partial charge in [0.1, 0.15) is 11.6 Å². The first-order valence-corrected chi connectivity index (χ1v) is 6.20. The van der Waals surface area contributed by atoms with Crippen molar-refractivity contribution in [2.24, 2.45) is 0 Å². The molecule has 1 aromatic heterocycles. The number of aryl methyl sites for hydroxylation is 1. The summed E-state index contributed by atoms with van der Waals surface area (Å²) >= 11 is 0. The summed E-state index contributed by atoms with van der Waals surface area (Å²) < 4.78 is 13.3. The van der Waals surface area contributed by atoms with Gasteiger partial charge in [-0.25, -0.2) is 9.37 Å². The Bertz CT molecular complexity index is 571. The van der Waals surface area contributed by atoms with E-state index in [1.807, 2.05) is 30.9 Å². The van der Waals surface area contributed by atoms with Crippen LogP contribution in [-0.2, 0) is 0 Å². The summed E-state index contributed by atoms with van der Waals surface area (Å²) in [4.78, 5) is 10.6. The van der Waals surface area contributed by atoms with Gasteiger partial charge in [-0.3, -0.25) is 0 Å². The number of aromatic nitrogens is 2. The molecule has 0 aliphatic carbocycles. The minimum Gasteiger partial charge on any atom is -0.357 e. The zero-order valence-electron chi connectivity index (χ0n) is 11.3. The van der Waals surface area contributed by atoms with Crippen LogP contribution in [0.1, 0.15) is 12.6 Å². The molecule has 1 aromatic carbocycles. The molecule has 100 valence electrons. The number of halogens is 1. The molecule has 0 atom stereocenters. The first-order chi connectivity index (χ1) is 9.13. The van der Waals surface area contributed by atoms with E-state index in [2.05, 4.69) is 15.3 Å². The fourth-order valence-corrected chi connectivity index (χ4v) is 1.92. The van der Waals surface area contributed by atoms with Crippen LogP contribution in [-0.4, -0.2) is 23.6 Å². The van der Waals surface area contributed by atoms with Gasteiger partial charge in [0.25, 0.3) is 0 Å². The second kappa shape index (κ2) is 5.65. The maximum Gasteiger partial charge on any atom is 0.224 e. The van der Waals surface area contributed by atoms with E-state index in [0.29, 0.717) is 12.5 Å². The smallest absolute Gasteiger partial charge is 0.224 e. The Labute approximate surface area is 112 Å². The Morgan fingerprint density at radius 1 is 1.26 bits per heavy atom. The van der Waals surface area contributed by atoms with Crippen LogP contribution in [0.2, 0.25) is 0 Å². The molecule has 0 saturated heterocycles. The minimum absolute atomic E-state index is 0.254. The lowest BCUT2D eigenvalue weighted by Gasteiger charge is -2.22. The topological polar surface area (TPSA) is 41.1 Å². The van der Waals surface area contributed by atoms with Gasteiger partial charge in [0.05, 0.1) is 0 Å². The molecule has 0 amide bonds. The quantitative estimate of drug-likeness (QED) is 0.917. The van der Waals surface area contributed by atoms with Gasteiger partial charge in [0.2, 0.25) is 5.95 Å². The van der Waals surface area contributed by atoms with Crippen LogP contribution in [0.15, 0.2) is 30.3 Å². The fraction of sp³-hybridized carbons (Fsp3) is 0.286. The molecule has 1 N–H and O–H groups in total. The van der Waals surface area contributed by atoms with Crippen molar-refractivity contribution in [3.05, 3.63) is 41.8 Å². The van der Waals surface area contributed by atoms with Crippen molar-refractivity contribution in [3.63, 3.8) is 0 Å². The van der Waals surface area contributed by atoms with Crippen LogP contribution >= 0.6 is 0 Å². The standard InChI is InChI=1S/C14H17FN4/c1-4-19(12-7-5-6-11(15)9-12)13-8-10(2)17-14(16-3)18-13/h5-9H,4H2,1-3H3,(H,16,17,18). The first kappa shape index (κ1) is 13.3. The van der Waals surface area contributed by atoms with Crippen molar-refractivity contribution in [2.45, 2.75) is 13.8 Å². The van der Waals surface area contributed by atoms with Crippen molar-refractivity contribution >= 4 is 17.5 Å². The van der Waals surface area contributed by atoms with Gasteiger partial charge in [0, 0.05) is 31.0 Å². The maximum absolute atomic E-state index is 13.3. The number of hydrogen-bond acceptors (Lipinski definition) is 4. The summed E-state index contributed by atoms with van der Waals surface area (Å²) in [6.07, 6.45) is 0. The average Bonchev–Trinajstić information content (AvgIpc) is 2.39. The van der Waals surface area contributed by atoms with Crippen molar-refractivity contribution < 1.29 is 4.39 Å². The molecule has 0 fully saturated rings. The number of nitrogens with zero attached hydrogens (tertiary/aromatic N) is 3. The van der Waals surface area contributed by atoms with Crippen molar-refractivity contribution in [1.29, 1.82) is 0 Å². The summed E-state index contributed by atoms with van der Waals surface area (Å²) in [6, 6.07) is 8.38. The Morgan fingerprint density at radius 3 is 2.68 bits per heavy atom. The van der Waals surface area contributed by atoms with E-state index in [4.69, 9.17) is 0 Å². The summed E-state index contributed by atoms with van der Waals surface area (Å²) in [5, 5.41) is 2.93. The average molecular weight is 260 g/mol. The normalized spacial score (nSPS) is 10.3. The SMILES string of the molecule is CCN(c1cccc(F)c1)c1cc(C)nc(NC)n1. The summed E-state index contributed by atoms with van der Waals surface area (Å²) in [5.41, 5.74) is 1.65. The highest BCUT2D eigenvalue weighted by atomic mass is 19.1. The maximum atomic E-state index is 13.3. The second-order valence-electron chi connectivity index (χ2n) is 4.17. The van der Waals surface area contributed by atoms with Crippen LogP contribution in [0.4, 0.5) is 21.8 Å². The van der Waals surface area contributed by atoms with Crippen molar-refractivity contribution in [3.8, 4) is 0 Å². The van der Waals surface area contributed by atoms with E-state index >= 15 is 0 Å². The Hall–Kier alpha value is -2.17. The largest absolute Gasteiger partial charge is 0.357 e. The number of rotatable bonds is 4. The molecule has 0 saturated carbocycles. The van der Waals surface area contributed by atoms with E-state index in [9.17, 15) is 4.39 Å². The molecule has 4 nitrogen and oxygen atoms in total. The highest BCUT2D eigenvalue weighted by Crippen LogP contribution is 2.25. The predicted octanol–water partition coefficient (Wildman–Crippen LogP) is 3.12. The zero-order valence-corrected chi connectivity index (χ0v) is 11.3. The molecule has 0 bridgehead atoms. The minimum atomic E-state index is -0.254. The molecule has 1 heterocycles. The van der Waals surface area contributed by atoms with Crippen LogP contribution in [0.25, 0.3) is 0 Å².